The summed E-state index contributed by atoms with van der Waals surface area (Å²) in [5.41, 5.74) is -0.444. The van der Waals surface area contributed by atoms with E-state index in [0.717, 1.165) is 57.8 Å². The lowest BCUT2D eigenvalue weighted by Gasteiger charge is -2.41. The normalized spacial score (nSPS) is 39.4. The number of ketones is 2. The molecule has 2 rings (SSSR count). The fourth-order valence-corrected chi connectivity index (χ4v) is 3.72. The predicted molar refractivity (Wildman–Crippen MR) is 67.8 cm³/mol. The maximum absolute atomic E-state index is 12.1. The summed E-state index contributed by atoms with van der Waals surface area (Å²) < 4.78 is 0. The third kappa shape index (κ3) is 2.46. The lowest BCUT2D eigenvalue weighted by molar-refractivity contribution is -0.138. The van der Waals surface area contributed by atoms with Crippen molar-refractivity contribution < 1.29 is 9.59 Å². The van der Waals surface area contributed by atoms with Gasteiger partial charge in [-0.2, -0.15) is 0 Å². The molecule has 2 fully saturated rings. The van der Waals surface area contributed by atoms with E-state index in [0.29, 0.717) is 11.6 Å². The van der Waals surface area contributed by atoms with Crippen LogP contribution in [0.4, 0.5) is 0 Å². The van der Waals surface area contributed by atoms with Crippen molar-refractivity contribution in [2.24, 2.45) is 10.8 Å². The van der Waals surface area contributed by atoms with Crippen molar-refractivity contribution in [2.75, 3.05) is 0 Å². The molecule has 0 heterocycles. The average molecular weight is 236 g/mol. The van der Waals surface area contributed by atoms with Crippen LogP contribution < -0.4 is 0 Å². The number of hydrogen-bond acceptors (Lipinski definition) is 2. The highest BCUT2D eigenvalue weighted by Crippen LogP contribution is 2.47. The van der Waals surface area contributed by atoms with Gasteiger partial charge in [-0.15, -0.1) is 0 Å². The van der Waals surface area contributed by atoms with Crippen molar-refractivity contribution in [3.05, 3.63) is 0 Å². The molecule has 17 heavy (non-hydrogen) atoms. The Morgan fingerprint density at radius 2 is 1.24 bits per heavy atom. The molecule has 2 unspecified atom stereocenters. The molecule has 0 saturated heterocycles. The van der Waals surface area contributed by atoms with Gasteiger partial charge >= 0.3 is 0 Å². The molecule has 0 amide bonds. The lowest BCUT2D eigenvalue weighted by Crippen LogP contribution is -2.41. The molecule has 0 bridgehead atoms. The summed E-state index contributed by atoms with van der Waals surface area (Å²) in [5, 5.41) is 0. The SMILES string of the molecule is CC1(CC2(C)CCCCC2=O)CCCCC1=O. The Bertz CT molecular complexity index is 302. The Morgan fingerprint density at radius 1 is 0.824 bits per heavy atom. The molecule has 96 valence electrons. The molecule has 0 aromatic heterocycles. The minimum atomic E-state index is -0.222. The van der Waals surface area contributed by atoms with Gasteiger partial charge < -0.3 is 0 Å². The van der Waals surface area contributed by atoms with E-state index in [2.05, 4.69) is 13.8 Å². The third-order valence-corrected chi connectivity index (χ3v) is 4.89. The first kappa shape index (κ1) is 12.8. The van der Waals surface area contributed by atoms with Gasteiger partial charge in [-0.05, 0) is 32.1 Å². The molecule has 2 heteroatoms. The van der Waals surface area contributed by atoms with E-state index in [1.165, 1.54) is 0 Å². The number of carbonyl (C=O) groups is 2. The zero-order chi connectivity index (χ0) is 12.5. The highest BCUT2D eigenvalue weighted by molar-refractivity contribution is 5.88. The first-order valence-corrected chi connectivity index (χ1v) is 7.03. The molecule has 0 aromatic carbocycles. The van der Waals surface area contributed by atoms with Gasteiger partial charge in [0.1, 0.15) is 11.6 Å². The monoisotopic (exact) mass is 236 g/mol. The highest BCUT2D eigenvalue weighted by Gasteiger charge is 2.45. The molecule has 0 N–H and O–H groups in total. The second-order valence-corrected chi connectivity index (χ2v) is 6.56. The van der Waals surface area contributed by atoms with Gasteiger partial charge in [0.2, 0.25) is 0 Å². The van der Waals surface area contributed by atoms with E-state index in [-0.39, 0.29) is 10.8 Å². The summed E-state index contributed by atoms with van der Waals surface area (Å²) in [7, 11) is 0. The Hall–Kier alpha value is -0.660. The standard InChI is InChI=1S/C15H24O2/c1-14(9-5-3-7-12(14)16)11-15(2)10-6-4-8-13(15)17/h3-11H2,1-2H3. The summed E-state index contributed by atoms with van der Waals surface area (Å²) in [6.07, 6.45) is 8.57. The molecule has 0 radical (unpaired) electrons. The average Bonchev–Trinajstić information content (AvgIpc) is 2.27. The van der Waals surface area contributed by atoms with Gasteiger partial charge in [0.05, 0.1) is 0 Å². The Kier molecular flexibility index (Phi) is 3.42. The largest absolute Gasteiger partial charge is 0.299 e. The predicted octanol–water partition coefficient (Wildman–Crippen LogP) is 3.68. The van der Waals surface area contributed by atoms with Crippen LogP contribution in [-0.2, 0) is 9.59 Å². The van der Waals surface area contributed by atoms with Crippen LogP contribution in [0, 0.1) is 10.8 Å². The molecule has 2 atom stereocenters. The molecule has 2 aliphatic rings. The van der Waals surface area contributed by atoms with Crippen molar-refractivity contribution in [3.8, 4) is 0 Å². The van der Waals surface area contributed by atoms with Crippen molar-refractivity contribution in [1.29, 1.82) is 0 Å². The van der Waals surface area contributed by atoms with Crippen LogP contribution in [0.25, 0.3) is 0 Å². The summed E-state index contributed by atoms with van der Waals surface area (Å²) in [4.78, 5) is 24.3. The molecule has 2 nitrogen and oxygen atoms in total. The van der Waals surface area contributed by atoms with Crippen LogP contribution in [0.2, 0.25) is 0 Å². The smallest absolute Gasteiger partial charge is 0.138 e. The van der Waals surface area contributed by atoms with Gasteiger partial charge in [-0.25, -0.2) is 0 Å². The van der Waals surface area contributed by atoms with Gasteiger partial charge in [0, 0.05) is 23.7 Å². The molecule has 0 aliphatic heterocycles. The second kappa shape index (κ2) is 4.55. The summed E-state index contributed by atoms with van der Waals surface area (Å²) in [5.74, 6) is 0.784. The zero-order valence-electron chi connectivity index (χ0n) is 11.2. The fourth-order valence-electron chi connectivity index (χ4n) is 3.72. The topological polar surface area (TPSA) is 34.1 Å². The van der Waals surface area contributed by atoms with Gasteiger partial charge in [0.15, 0.2) is 0 Å². The van der Waals surface area contributed by atoms with Crippen LogP contribution in [-0.4, -0.2) is 11.6 Å². The summed E-state index contributed by atoms with van der Waals surface area (Å²) in [6.45, 7) is 4.17. The van der Waals surface area contributed by atoms with Crippen molar-refractivity contribution in [3.63, 3.8) is 0 Å². The number of hydrogen-bond donors (Lipinski definition) is 0. The van der Waals surface area contributed by atoms with E-state index in [1.54, 1.807) is 0 Å². The van der Waals surface area contributed by atoms with Crippen LogP contribution in [0.3, 0.4) is 0 Å². The number of rotatable bonds is 2. The minimum Gasteiger partial charge on any atom is -0.299 e. The van der Waals surface area contributed by atoms with Gasteiger partial charge in [-0.1, -0.05) is 26.7 Å². The summed E-state index contributed by atoms with van der Waals surface area (Å²) in [6, 6.07) is 0. The van der Waals surface area contributed by atoms with E-state index >= 15 is 0 Å². The molecule has 0 aromatic rings. The van der Waals surface area contributed by atoms with Crippen molar-refractivity contribution in [2.45, 2.75) is 71.6 Å². The van der Waals surface area contributed by atoms with Crippen LogP contribution in [0.15, 0.2) is 0 Å². The second-order valence-electron chi connectivity index (χ2n) is 6.56. The zero-order valence-corrected chi connectivity index (χ0v) is 11.2. The van der Waals surface area contributed by atoms with Crippen LogP contribution in [0.1, 0.15) is 71.6 Å². The van der Waals surface area contributed by atoms with Crippen molar-refractivity contribution in [1.82, 2.24) is 0 Å². The minimum absolute atomic E-state index is 0.222. The number of Topliss-reactive ketones (excluding diaryl/α,β-unsaturated/α-hetero) is 2. The molecular formula is C15H24O2. The van der Waals surface area contributed by atoms with E-state index in [4.69, 9.17) is 0 Å². The maximum atomic E-state index is 12.1. The molecular weight excluding hydrogens is 212 g/mol. The van der Waals surface area contributed by atoms with Gasteiger partial charge in [0.25, 0.3) is 0 Å². The van der Waals surface area contributed by atoms with E-state index < -0.39 is 0 Å². The van der Waals surface area contributed by atoms with Gasteiger partial charge in [-0.3, -0.25) is 9.59 Å². The number of carbonyl (C=O) groups excluding carboxylic acids is 2. The molecule has 0 spiro atoms. The highest BCUT2D eigenvalue weighted by atomic mass is 16.1. The summed E-state index contributed by atoms with van der Waals surface area (Å²) >= 11 is 0. The first-order chi connectivity index (χ1) is 7.96. The quantitative estimate of drug-likeness (QED) is 0.733. The van der Waals surface area contributed by atoms with E-state index in [9.17, 15) is 9.59 Å². The van der Waals surface area contributed by atoms with E-state index in [1.807, 2.05) is 0 Å². The Labute approximate surface area is 104 Å². The Balaban J connectivity index is 2.12. The van der Waals surface area contributed by atoms with Crippen LogP contribution in [0.5, 0.6) is 0 Å². The first-order valence-electron chi connectivity index (χ1n) is 7.03. The maximum Gasteiger partial charge on any atom is 0.138 e. The van der Waals surface area contributed by atoms with Crippen LogP contribution >= 0.6 is 0 Å². The molecule has 2 saturated carbocycles. The fraction of sp³-hybridized carbons (Fsp3) is 0.867. The Morgan fingerprint density at radius 3 is 1.59 bits per heavy atom. The third-order valence-electron chi connectivity index (χ3n) is 4.89. The lowest BCUT2D eigenvalue weighted by atomic mass is 9.61. The van der Waals surface area contributed by atoms with Crippen molar-refractivity contribution >= 4 is 11.6 Å². The molecule has 2 aliphatic carbocycles.